The van der Waals surface area contributed by atoms with Crippen molar-refractivity contribution in [1.29, 1.82) is 0 Å². The van der Waals surface area contributed by atoms with Crippen LogP contribution in [-0.2, 0) is 5.41 Å². The lowest BCUT2D eigenvalue weighted by molar-refractivity contribution is 0.269. The van der Waals surface area contributed by atoms with Crippen molar-refractivity contribution in [2.45, 2.75) is 37.8 Å². The van der Waals surface area contributed by atoms with Crippen molar-refractivity contribution >= 4 is 44.0 Å². The van der Waals surface area contributed by atoms with E-state index in [1.807, 2.05) is 0 Å². The third kappa shape index (κ3) is 5.54. The van der Waals surface area contributed by atoms with Crippen LogP contribution in [0.1, 0.15) is 65.7 Å². The second kappa shape index (κ2) is 13.7. The van der Waals surface area contributed by atoms with E-state index >= 15 is 0 Å². The number of fused-ring (bicyclic) bond motifs is 7. The number of nitrogens with one attached hydrogen (secondary N) is 2. The molecule has 5 heteroatoms. The predicted molar refractivity (Wildman–Crippen MR) is 250 cm³/mol. The Morgan fingerprint density at radius 1 is 0.574 bits per heavy atom. The lowest BCUT2D eigenvalue weighted by Gasteiger charge is -2.41. The molecular weight excluding hydrogens is 743 g/mol. The highest BCUT2D eigenvalue weighted by Gasteiger charge is 2.38. The SMILES string of the molecule is CN1C2=c3c(cccc3=NC1n1c3ccc(-c4cccc(C5=CC(c6ccccc6)NC(c6ccccc6)N5)c4)cc3c3ccc4ccccc4c31)C(C)(C)c1ccccc12. The molecule has 294 valence electrons. The van der Waals surface area contributed by atoms with Gasteiger partial charge in [0, 0.05) is 45.1 Å². The highest BCUT2D eigenvalue weighted by atomic mass is 15.4. The molecule has 2 N–H and O–H groups in total. The van der Waals surface area contributed by atoms with Crippen molar-refractivity contribution in [3.8, 4) is 11.1 Å². The van der Waals surface area contributed by atoms with Crippen molar-refractivity contribution in [2.75, 3.05) is 7.05 Å². The second-order valence-corrected chi connectivity index (χ2v) is 17.3. The summed E-state index contributed by atoms with van der Waals surface area (Å²) in [6, 6.07) is 66.4. The van der Waals surface area contributed by atoms with Gasteiger partial charge in [-0.2, -0.15) is 0 Å². The molecule has 0 fully saturated rings. The maximum Gasteiger partial charge on any atom is 0.203 e. The summed E-state index contributed by atoms with van der Waals surface area (Å²) in [7, 11) is 2.23. The fourth-order valence-electron chi connectivity index (χ4n) is 10.5. The number of rotatable bonds is 5. The average Bonchev–Trinajstić information content (AvgIpc) is 3.65. The van der Waals surface area contributed by atoms with E-state index in [1.165, 1.54) is 76.9 Å². The van der Waals surface area contributed by atoms with Gasteiger partial charge in [-0.15, -0.1) is 0 Å². The fourth-order valence-corrected chi connectivity index (χ4v) is 10.5. The van der Waals surface area contributed by atoms with Crippen LogP contribution in [0.5, 0.6) is 0 Å². The lowest BCUT2D eigenvalue weighted by atomic mass is 9.71. The maximum absolute atomic E-state index is 5.66. The van der Waals surface area contributed by atoms with Gasteiger partial charge in [-0.05, 0) is 74.7 Å². The molecule has 3 unspecified atom stereocenters. The van der Waals surface area contributed by atoms with Crippen LogP contribution in [0.4, 0.5) is 0 Å². The molecular formula is C56H45N5. The Morgan fingerprint density at radius 3 is 2.13 bits per heavy atom. The van der Waals surface area contributed by atoms with Crippen molar-refractivity contribution < 1.29 is 0 Å². The van der Waals surface area contributed by atoms with E-state index in [0.717, 1.165) is 22.1 Å². The van der Waals surface area contributed by atoms with Gasteiger partial charge in [0.25, 0.3) is 0 Å². The Bertz CT molecular complexity index is 3380. The molecule has 3 atom stereocenters. The minimum Gasteiger partial charge on any atom is -0.366 e. The summed E-state index contributed by atoms with van der Waals surface area (Å²) in [5.41, 5.74) is 14.5. The zero-order valence-corrected chi connectivity index (χ0v) is 34.5. The minimum atomic E-state index is -0.306. The van der Waals surface area contributed by atoms with Gasteiger partial charge in [-0.3, -0.25) is 9.88 Å². The van der Waals surface area contributed by atoms with Crippen LogP contribution in [0.3, 0.4) is 0 Å². The normalized spacial score (nSPS) is 18.9. The van der Waals surface area contributed by atoms with Gasteiger partial charge in [0.1, 0.15) is 6.17 Å². The number of aromatic nitrogens is 1. The molecule has 9 aromatic rings. The van der Waals surface area contributed by atoms with Gasteiger partial charge in [0.2, 0.25) is 6.29 Å². The maximum atomic E-state index is 5.66. The summed E-state index contributed by atoms with van der Waals surface area (Å²) in [6.07, 6.45) is 1.98. The molecule has 2 aliphatic heterocycles. The molecule has 12 rings (SSSR count). The highest BCUT2D eigenvalue weighted by Crippen LogP contribution is 2.44. The van der Waals surface area contributed by atoms with E-state index in [-0.39, 0.29) is 23.9 Å². The number of benzene rings is 8. The van der Waals surface area contributed by atoms with E-state index < -0.39 is 0 Å². The van der Waals surface area contributed by atoms with Gasteiger partial charge < -0.3 is 10.2 Å². The zero-order valence-electron chi connectivity index (χ0n) is 34.5. The van der Waals surface area contributed by atoms with Crippen LogP contribution < -0.4 is 21.2 Å². The first-order valence-corrected chi connectivity index (χ1v) is 21.4. The Hall–Kier alpha value is -7.21. The van der Waals surface area contributed by atoms with Crippen LogP contribution in [0, 0.1) is 0 Å². The first-order valence-electron chi connectivity index (χ1n) is 21.4. The van der Waals surface area contributed by atoms with Gasteiger partial charge in [-0.25, -0.2) is 4.99 Å². The first-order chi connectivity index (χ1) is 29.9. The minimum absolute atomic E-state index is 0.0407. The molecule has 0 saturated heterocycles. The summed E-state index contributed by atoms with van der Waals surface area (Å²) < 4.78 is 2.50. The fraction of sp³-hybridized carbons (Fsp3) is 0.125. The van der Waals surface area contributed by atoms with Gasteiger partial charge in [0.15, 0.2) is 0 Å². The average molecular weight is 788 g/mol. The van der Waals surface area contributed by atoms with Crippen molar-refractivity contribution in [3.05, 3.63) is 232 Å². The van der Waals surface area contributed by atoms with Crippen LogP contribution in [0.25, 0.3) is 55.1 Å². The second-order valence-electron chi connectivity index (χ2n) is 17.3. The molecule has 61 heavy (non-hydrogen) atoms. The molecule has 0 amide bonds. The standard InChI is InChI=1S/C56H45N5/c1-56(2)45-25-13-12-24-43(45)53-51-46(56)26-15-27-47(51)59-55(60(53)3)61-50-31-29-39(33-44(50)42-30-28-35-16-10-11-23-41(35)52(42)61)38-21-14-22-40(32-38)49-34-48(36-17-6-4-7-18-36)57-54(58-49)37-19-8-5-9-20-37/h4-34,48,54-55,57-58H,1-3H3. The molecule has 0 saturated carbocycles. The summed E-state index contributed by atoms with van der Waals surface area (Å²) >= 11 is 0. The summed E-state index contributed by atoms with van der Waals surface area (Å²) in [4.78, 5) is 8.08. The smallest absolute Gasteiger partial charge is 0.203 e. The Labute approximate surface area is 355 Å². The van der Waals surface area contributed by atoms with E-state index in [0.29, 0.717) is 0 Å². The first kappa shape index (κ1) is 35.7. The Morgan fingerprint density at radius 2 is 1.28 bits per heavy atom. The molecule has 0 bridgehead atoms. The summed E-state index contributed by atoms with van der Waals surface area (Å²) in [5, 5.41) is 14.9. The Kier molecular flexibility index (Phi) is 8.00. The van der Waals surface area contributed by atoms with Gasteiger partial charge >= 0.3 is 0 Å². The highest BCUT2D eigenvalue weighted by molar-refractivity contribution is 6.18. The van der Waals surface area contributed by atoms with Crippen LogP contribution >= 0.6 is 0 Å². The number of hydrogen-bond donors (Lipinski definition) is 2. The molecule has 1 aromatic heterocycles. The number of hydrogen-bond acceptors (Lipinski definition) is 4. The number of nitrogens with zero attached hydrogens (tertiary/aromatic N) is 3. The molecule has 0 spiro atoms. The molecule has 1 aliphatic carbocycles. The van der Waals surface area contributed by atoms with E-state index in [9.17, 15) is 0 Å². The van der Waals surface area contributed by atoms with E-state index in [4.69, 9.17) is 4.99 Å². The van der Waals surface area contributed by atoms with Crippen LogP contribution in [0.2, 0.25) is 0 Å². The predicted octanol–water partition coefficient (Wildman–Crippen LogP) is 11.1. The third-order valence-corrected chi connectivity index (χ3v) is 13.5. The topological polar surface area (TPSA) is 44.6 Å². The van der Waals surface area contributed by atoms with Crippen molar-refractivity contribution in [3.63, 3.8) is 0 Å². The summed E-state index contributed by atoms with van der Waals surface area (Å²) in [5.74, 6) is 0. The van der Waals surface area contributed by atoms with Crippen molar-refractivity contribution in [1.82, 2.24) is 20.1 Å². The quantitative estimate of drug-likeness (QED) is 0.183. The van der Waals surface area contributed by atoms with Gasteiger partial charge in [-0.1, -0.05) is 172 Å². The molecule has 3 heterocycles. The monoisotopic (exact) mass is 787 g/mol. The van der Waals surface area contributed by atoms with Crippen LogP contribution in [-0.4, -0.2) is 16.5 Å². The molecule has 3 aliphatic rings. The van der Waals surface area contributed by atoms with Gasteiger partial charge in [0.05, 0.1) is 28.1 Å². The molecule has 0 radical (unpaired) electrons. The van der Waals surface area contributed by atoms with Crippen LogP contribution in [0.15, 0.2) is 193 Å². The largest absolute Gasteiger partial charge is 0.366 e. The lowest BCUT2D eigenvalue weighted by Crippen LogP contribution is -2.49. The Balaban J connectivity index is 1.02. The van der Waals surface area contributed by atoms with E-state index in [2.05, 4.69) is 229 Å². The molecule has 8 aromatic carbocycles. The zero-order chi connectivity index (χ0) is 40.8. The van der Waals surface area contributed by atoms with Crippen molar-refractivity contribution in [2.24, 2.45) is 4.99 Å². The molecule has 5 nitrogen and oxygen atoms in total. The van der Waals surface area contributed by atoms with E-state index in [1.54, 1.807) is 0 Å². The third-order valence-electron chi connectivity index (χ3n) is 13.5. The summed E-state index contributed by atoms with van der Waals surface area (Å²) in [6.45, 7) is 4.69.